The maximum Gasteiger partial charge on any atom is 0.271 e. The summed E-state index contributed by atoms with van der Waals surface area (Å²) in [7, 11) is 0. The van der Waals surface area contributed by atoms with Crippen LogP contribution in [-0.4, -0.2) is 15.9 Å². The zero-order chi connectivity index (χ0) is 12.1. The molecule has 4 N–H and O–H groups in total. The van der Waals surface area contributed by atoms with Crippen molar-refractivity contribution in [3.05, 3.63) is 48.4 Å². The summed E-state index contributed by atoms with van der Waals surface area (Å²) < 4.78 is 0. The van der Waals surface area contributed by atoms with E-state index in [1.807, 2.05) is 0 Å². The minimum Gasteiger partial charge on any atom is -0.396 e. The van der Waals surface area contributed by atoms with Gasteiger partial charge in [0, 0.05) is 18.6 Å². The molecule has 0 unspecified atom stereocenters. The number of nitrogens with two attached hydrogens (primary N) is 1. The molecule has 2 heterocycles. The summed E-state index contributed by atoms with van der Waals surface area (Å²) in [6, 6.07) is 6.74. The second-order valence-corrected chi connectivity index (χ2v) is 3.26. The van der Waals surface area contributed by atoms with Crippen molar-refractivity contribution in [2.45, 2.75) is 0 Å². The van der Waals surface area contributed by atoms with E-state index in [0.29, 0.717) is 17.1 Å². The molecule has 17 heavy (non-hydrogen) atoms. The van der Waals surface area contributed by atoms with Crippen molar-refractivity contribution in [3.8, 4) is 0 Å². The molecule has 0 aliphatic carbocycles. The van der Waals surface area contributed by atoms with Crippen molar-refractivity contribution in [3.63, 3.8) is 0 Å². The summed E-state index contributed by atoms with van der Waals surface area (Å²) in [4.78, 5) is 19.5. The Morgan fingerprint density at radius 3 is 2.76 bits per heavy atom. The maximum atomic E-state index is 11.6. The van der Waals surface area contributed by atoms with Gasteiger partial charge in [0.1, 0.15) is 0 Å². The van der Waals surface area contributed by atoms with Crippen LogP contribution in [0.15, 0.2) is 42.9 Å². The van der Waals surface area contributed by atoms with E-state index in [1.165, 1.54) is 6.20 Å². The van der Waals surface area contributed by atoms with Crippen LogP contribution in [0.1, 0.15) is 10.4 Å². The number of hydrogen-bond acceptors (Lipinski definition) is 5. The Morgan fingerprint density at radius 2 is 2.06 bits per heavy atom. The molecular weight excluding hydrogens is 218 g/mol. The fourth-order valence-electron chi connectivity index (χ4n) is 1.21. The van der Waals surface area contributed by atoms with Crippen molar-refractivity contribution in [2.24, 2.45) is 0 Å². The first-order valence-corrected chi connectivity index (χ1v) is 4.94. The normalized spacial score (nSPS) is 9.65. The Kier molecular flexibility index (Phi) is 3.15. The molecule has 0 spiro atoms. The lowest BCUT2D eigenvalue weighted by Gasteiger charge is -2.08. The van der Waals surface area contributed by atoms with E-state index in [9.17, 15) is 4.79 Å². The number of hydrazine groups is 1. The second kappa shape index (κ2) is 4.93. The summed E-state index contributed by atoms with van der Waals surface area (Å²) in [5.74, 6) is 0.105. The number of carbonyl (C=O) groups is 1. The molecular formula is C11H11N5O. The third-order valence-electron chi connectivity index (χ3n) is 2.06. The van der Waals surface area contributed by atoms with Crippen molar-refractivity contribution in [1.82, 2.24) is 15.4 Å². The maximum absolute atomic E-state index is 11.6. The Hall–Kier alpha value is -2.63. The standard InChI is InChI=1S/C11H11N5O/c12-9-4-2-6-14-10(9)15-16-11(17)8-3-1-5-13-7-8/h1-7H,12H2,(H,14,15)(H,16,17). The zero-order valence-electron chi connectivity index (χ0n) is 8.92. The van der Waals surface area contributed by atoms with Crippen LogP contribution in [0.4, 0.5) is 11.5 Å². The Balaban J connectivity index is 2.00. The molecule has 0 atom stereocenters. The fraction of sp³-hybridized carbons (Fsp3) is 0. The first-order chi connectivity index (χ1) is 8.27. The summed E-state index contributed by atoms with van der Waals surface area (Å²) in [5, 5.41) is 0. The number of aromatic nitrogens is 2. The van der Waals surface area contributed by atoms with Gasteiger partial charge in [-0.2, -0.15) is 0 Å². The lowest BCUT2D eigenvalue weighted by molar-refractivity contribution is 0.0962. The number of amides is 1. The first-order valence-electron chi connectivity index (χ1n) is 4.94. The third kappa shape index (κ3) is 2.69. The summed E-state index contributed by atoms with van der Waals surface area (Å²) in [5.41, 5.74) is 11.7. The van der Waals surface area contributed by atoms with Crippen molar-refractivity contribution >= 4 is 17.4 Å². The van der Waals surface area contributed by atoms with E-state index in [1.54, 1.807) is 36.7 Å². The van der Waals surface area contributed by atoms with E-state index < -0.39 is 0 Å². The lowest BCUT2D eigenvalue weighted by Crippen LogP contribution is -2.30. The molecule has 2 rings (SSSR count). The van der Waals surface area contributed by atoms with E-state index >= 15 is 0 Å². The monoisotopic (exact) mass is 229 g/mol. The van der Waals surface area contributed by atoms with E-state index in [0.717, 1.165) is 0 Å². The van der Waals surface area contributed by atoms with Gasteiger partial charge in [0.25, 0.3) is 5.91 Å². The molecule has 0 radical (unpaired) electrons. The molecule has 0 bridgehead atoms. The van der Waals surface area contributed by atoms with Gasteiger partial charge >= 0.3 is 0 Å². The second-order valence-electron chi connectivity index (χ2n) is 3.26. The minimum atomic E-state index is -0.303. The van der Waals surface area contributed by atoms with Gasteiger partial charge < -0.3 is 5.73 Å². The predicted octanol–water partition coefficient (Wildman–Crippen LogP) is 0.816. The smallest absolute Gasteiger partial charge is 0.271 e. The van der Waals surface area contributed by atoms with Crippen LogP contribution in [0, 0.1) is 0 Å². The Labute approximate surface area is 97.9 Å². The average molecular weight is 229 g/mol. The molecule has 86 valence electrons. The molecule has 0 fully saturated rings. The van der Waals surface area contributed by atoms with Gasteiger partial charge in [0.15, 0.2) is 5.82 Å². The number of nitrogens with one attached hydrogen (secondary N) is 2. The van der Waals surface area contributed by atoms with Crippen LogP contribution in [-0.2, 0) is 0 Å². The van der Waals surface area contributed by atoms with Crippen molar-refractivity contribution < 1.29 is 4.79 Å². The van der Waals surface area contributed by atoms with E-state index in [4.69, 9.17) is 5.73 Å². The molecule has 0 aliphatic rings. The molecule has 2 aromatic heterocycles. The van der Waals surface area contributed by atoms with Crippen LogP contribution < -0.4 is 16.6 Å². The van der Waals surface area contributed by atoms with Crippen molar-refractivity contribution in [2.75, 3.05) is 11.2 Å². The summed E-state index contributed by atoms with van der Waals surface area (Å²) >= 11 is 0. The van der Waals surface area contributed by atoms with Gasteiger partial charge in [0.2, 0.25) is 0 Å². The van der Waals surface area contributed by atoms with E-state index in [2.05, 4.69) is 20.8 Å². The van der Waals surface area contributed by atoms with Crippen LogP contribution in [0.25, 0.3) is 0 Å². The van der Waals surface area contributed by atoms with Gasteiger partial charge in [-0.05, 0) is 24.3 Å². The largest absolute Gasteiger partial charge is 0.396 e. The highest BCUT2D eigenvalue weighted by atomic mass is 16.2. The number of nitrogen functional groups attached to an aromatic ring is 1. The van der Waals surface area contributed by atoms with Crippen molar-refractivity contribution in [1.29, 1.82) is 0 Å². The molecule has 0 aliphatic heterocycles. The molecule has 0 aromatic carbocycles. The SMILES string of the molecule is Nc1cccnc1NNC(=O)c1cccnc1. The number of anilines is 2. The van der Waals surface area contributed by atoms with Gasteiger partial charge in [-0.25, -0.2) is 4.98 Å². The highest BCUT2D eigenvalue weighted by molar-refractivity contribution is 5.94. The Morgan fingerprint density at radius 1 is 1.24 bits per heavy atom. The highest BCUT2D eigenvalue weighted by Gasteiger charge is 2.05. The van der Waals surface area contributed by atoms with E-state index in [-0.39, 0.29) is 5.91 Å². The first kappa shape index (κ1) is 10.9. The average Bonchev–Trinajstić information content (AvgIpc) is 2.38. The number of rotatable bonds is 3. The quantitative estimate of drug-likeness (QED) is 0.677. The molecule has 6 nitrogen and oxygen atoms in total. The molecule has 0 saturated heterocycles. The highest BCUT2D eigenvalue weighted by Crippen LogP contribution is 2.11. The summed E-state index contributed by atoms with van der Waals surface area (Å²) in [6.45, 7) is 0. The van der Waals surface area contributed by atoms with Gasteiger partial charge in [-0.3, -0.25) is 20.6 Å². The number of nitrogens with zero attached hydrogens (tertiary/aromatic N) is 2. The van der Waals surface area contributed by atoms with Gasteiger partial charge in [-0.15, -0.1) is 0 Å². The van der Waals surface area contributed by atoms with Gasteiger partial charge in [-0.1, -0.05) is 0 Å². The summed E-state index contributed by atoms with van der Waals surface area (Å²) in [6.07, 6.45) is 4.65. The van der Waals surface area contributed by atoms with Crippen LogP contribution >= 0.6 is 0 Å². The molecule has 0 saturated carbocycles. The zero-order valence-corrected chi connectivity index (χ0v) is 8.92. The Bertz CT molecular complexity index is 514. The number of hydrogen-bond donors (Lipinski definition) is 3. The number of pyridine rings is 2. The predicted molar refractivity (Wildman–Crippen MR) is 64.0 cm³/mol. The van der Waals surface area contributed by atoms with Crippen LogP contribution in [0.5, 0.6) is 0 Å². The number of carbonyl (C=O) groups excluding carboxylic acids is 1. The molecule has 1 amide bonds. The van der Waals surface area contributed by atoms with Crippen LogP contribution in [0.2, 0.25) is 0 Å². The third-order valence-corrected chi connectivity index (χ3v) is 2.06. The molecule has 6 heteroatoms. The topological polar surface area (TPSA) is 92.9 Å². The van der Waals surface area contributed by atoms with Gasteiger partial charge in [0.05, 0.1) is 11.3 Å². The minimum absolute atomic E-state index is 0.303. The molecule has 2 aromatic rings. The lowest BCUT2D eigenvalue weighted by atomic mass is 10.3. The van der Waals surface area contributed by atoms with Crippen LogP contribution in [0.3, 0.4) is 0 Å². The fourth-order valence-corrected chi connectivity index (χ4v) is 1.21.